The highest BCUT2D eigenvalue weighted by atomic mass is 19.1. The average Bonchev–Trinajstić information content (AvgIpc) is 2.94. The number of carbonyl (C=O) groups is 2. The zero-order chi connectivity index (χ0) is 21.4. The molecule has 1 aliphatic rings. The van der Waals surface area contributed by atoms with Crippen molar-refractivity contribution in [2.24, 2.45) is 0 Å². The third-order valence-corrected chi connectivity index (χ3v) is 5.57. The number of rotatable bonds is 5. The summed E-state index contributed by atoms with van der Waals surface area (Å²) in [7, 11) is 1.35. The van der Waals surface area contributed by atoms with Gasteiger partial charge in [-0.15, -0.1) is 0 Å². The zero-order valence-electron chi connectivity index (χ0n) is 16.7. The van der Waals surface area contributed by atoms with Crippen LogP contribution in [0.2, 0.25) is 0 Å². The summed E-state index contributed by atoms with van der Waals surface area (Å²) < 4.78 is 39.6. The van der Waals surface area contributed by atoms with Crippen molar-refractivity contribution in [1.82, 2.24) is 4.57 Å². The maximum atomic E-state index is 14.5. The van der Waals surface area contributed by atoms with Crippen molar-refractivity contribution in [1.29, 1.82) is 0 Å². The molecule has 156 valence electrons. The predicted molar refractivity (Wildman–Crippen MR) is 107 cm³/mol. The average molecular weight is 413 g/mol. The molecule has 0 bridgehead atoms. The number of aromatic nitrogens is 1. The summed E-state index contributed by atoms with van der Waals surface area (Å²) in [6, 6.07) is 7.81. The van der Waals surface area contributed by atoms with Crippen LogP contribution in [0.1, 0.15) is 40.9 Å². The molecule has 0 N–H and O–H groups in total. The molecule has 30 heavy (non-hydrogen) atoms. The number of methoxy groups -OCH3 is 1. The van der Waals surface area contributed by atoms with E-state index in [9.17, 15) is 18.4 Å². The van der Waals surface area contributed by atoms with Gasteiger partial charge in [0, 0.05) is 22.7 Å². The topological polar surface area (TPSA) is 57.5 Å². The highest BCUT2D eigenvalue weighted by Gasteiger charge is 2.26. The summed E-state index contributed by atoms with van der Waals surface area (Å²) in [4.78, 5) is 25.6. The molecule has 1 fully saturated rings. The van der Waals surface area contributed by atoms with E-state index in [1.54, 1.807) is 6.92 Å². The van der Waals surface area contributed by atoms with Crippen LogP contribution in [0, 0.1) is 18.6 Å². The van der Waals surface area contributed by atoms with Crippen molar-refractivity contribution in [3.05, 3.63) is 64.9 Å². The van der Waals surface area contributed by atoms with Crippen molar-refractivity contribution < 1.29 is 27.8 Å². The summed E-state index contributed by atoms with van der Waals surface area (Å²) in [5.74, 6) is -1.90. The summed E-state index contributed by atoms with van der Waals surface area (Å²) in [6.07, 6.45) is 2.65. The number of hydrogen-bond donors (Lipinski definition) is 0. The lowest BCUT2D eigenvalue weighted by Gasteiger charge is -2.25. The molecule has 1 aromatic heterocycles. The first kappa shape index (κ1) is 20.1. The first-order valence-electron chi connectivity index (χ1n) is 9.76. The fourth-order valence-corrected chi connectivity index (χ4v) is 3.70. The largest absolute Gasteiger partial charge is 0.494 e. The second kappa shape index (κ2) is 7.89. The van der Waals surface area contributed by atoms with Crippen LogP contribution in [0.15, 0.2) is 36.4 Å². The van der Waals surface area contributed by atoms with Crippen LogP contribution in [0.25, 0.3) is 10.9 Å². The number of benzene rings is 2. The Morgan fingerprint density at radius 1 is 1.13 bits per heavy atom. The first-order valence-corrected chi connectivity index (χ1v) is 9.76. The van der Waals surface area contributed by atoms with Crippen molar-refractivity contribution in [2.45, 2.75) is 38.7 Å². The van der Waals surface area contributed by atoms with Gasteiger partial charge >= 0.3 is 5.97 Å². The molecule has 4 rings (SSSR count). The van der Waals surface area contributed by atoms with Gasteiger partial charge in [0.25, 0.3) is 5.91 Å². The molecule has 1 heterocycles. The Morgan fingerprint density at radius 3 is 2.43 bits per heavy atom. The SMILES string of the molecule is COc1cc2c(CC(=O)OC3CCC3)c(C)n(C(=O)c3ccc(F)cc3)c2cc1F. The van der Waals surface area contributed by atoms with Crippen molar-refractivity contribution in [3.63, 3.8) is 0 Å². The minimum Gasteiger partial charge on any atom is -0.494 e. The van der Waals surface area contributed by atoms with Crippen LogP contribution in [-0.2, 0) is 16.0 Å². The first-order chi connectivity index (χ1) is 14.4. The number of halogens is 2. The molecule has 0 aliphatic heterocycles. The lowest BCUT2D eigenvalue weighted by molar-refractivity contribution is -0.152. The number of hydrogen-bond acceptors (Lipinski definition) is 4. The van der Waals surface area contributed by atoms with Gasteiger partial charge in [-0.25, -0.2) is 8.78 Å². The third-order valence-electron chi connectivity index (χ3n) is 5.57. The van der Waals surface area contributed by atoms with Gasteiger partial charge < -0.3 is 9.47 Å². The number of nitrogens with zero attached hydrogens (tertiary/aromatic N) is 1. The second-order valence-corrected chi connectivity index (χ2v) is 7.43. The highest BCUT2D eigenvalue weighted by molar-refractivity contribution is 6.05. The Bertz CT molecular complexity index is 1130. The molecule has 0 radical (unpaired) electrons. The van der Waals surface area contributed by atoms with Gasteiger partial charge in [-0.05, 0) is 62.1 Å². The summed E-state index contributed by atoms with van der Waals surface area (Å²) in [5.41, 5.74) is 1.63. The molecule has 5 nitrogen and oxygen atoms in total. The van der Waals surface area contributed by atoms with Crippen LogP contribution in [0.3, 0.4) is 0 Å². The Kier molecular flexibility index (Phi) is 5.28. The van der Waals surface area contributed by atoms with Crippen molar-refractivity contribution >= 4 is 22.8 Å². The molecule has 3 aromatic rings. The van der Waals surface area contributed by atoms with Gasteiger partial charge in [0.05, 0.1) is 19.0 Å². The van der Waals surface area contributed by atoms with Gasteiger partial charge in [-0.2, -0.15) is 0 Å². The van der Waals surface area contributed by atoms with Crippen molar-refractivity contribution in [2.75, 3.05) is 7.11 Å². The summed E-state index contributed by atoms with van der Waals surface area (Å²) in [5, 5.41) is 0.534. The molecular weight excluding hydrogens is 392 g/mol. The van der Waals surface area contributed by atoms with E-state index >= 15 is 0 Å². The van der Waals surface area contributed by atoms with E-state index in [2.05, 4.69) is 0 Å². The predicted octanol–water partition coefficient (Wildman–Crippen LogP) is 4.56. The lowest BCUT2D eigenvalue weighted by Crippen LogP contribution is -2.26. The maximum absolute atomic E-state index is 14.5. The standard InChI is InChI=1S/C23H21F2NO4/c1-13-17(11-22(27)30-16-4-3-5-16)18-10-21(29-2)19(25)12-20(18)26(13)23(28)14-6-8-15(24)9-7-14/h6-10,12,16H,3-5,11H2,1-2H3. The van der Waals surface area contributed by atoms with E-state index in [0.29, 0.717) is 22.2 Å². The minimum atomic E-state index is -0.626. The van der Waals surface area contributed by atoms with Gasteiger partial charge in [0.2, 0.25) is 0 Å². The van der Waals surface area contributed by atoms with Crippen LogP contribution >= 0.6 is 0 Å². The number of fused-ring (bicyclic) bond motifs is 1. The van der Waals surface area contributed by atoms with E-state index in [-0.39, 0.29) is 29.8 Å². The fraction of sp³-hybridized carbons (Fsp3) is 0.304. The van der Waals surface area contributed by atoms with Gasteiger partial charge in [-0.3, -0.25) is 14.2 Å². The minimum absolute atomic E-state index is 0.0162. The van der Waals surface area contributed by atoms with E-state index in [1.165, 1.54) is 48.1 Å². The smallest absolute Gasteiger partial charge is 0.310 e. The van der Waals surface area contributed by atoms with E-state index in [4.69, 9.17) is 9.47 Å². The number of ether oxygens (including phenoxy) is 2. The zero-order valence-corrected chi connectivity index (χ0v) is 16.7. The molecular formula is C23H21F2NO4. The van der Waals surface area contributed by atoms with E-state index in [0.717, 1.165) is 19.3 Å². The van der Waals surface area contributed by atoms with Gasteiger partial charge in [0.1, 0.15) is 11.9 Å². The fourth-order valence-electron chi connectivity index (χ4n) is 3.70. The Balaban J connectivity index is 1.81. The van der Waals surface area contributed by atoms with E-state index in [1.807, 2.05) is 0 Å². The Morgan fingerprint density at radius 2 is 1.83 bits per heavy atom. The molecule has 7 heteroatoms. The quantitative estimate of drug-likeness (QED) is 0.576. The highest BCUT2D eigenvalue weighted by Crippen LogP contribution is 2.33. The monoisotopic (exact) mass is 413 g/mol. The molecule has 1 aliphatic carbocycles. The van der Waals surface area contributed by atoms with Crippen LogP contribution < -0.4 is 4.74 Å². The number of carbonyl (C=O) groups excluding carboxylic acids is 2. The van der Waals surface area contributed by atoms with Gasteiger partial charge in [0.15, 0.2) is 11.6 Å². The third kappa shape index (κ3) is 3.56. The molecule has 0 atom stereocenters. The van der Waals surface area contributed by atoms with Crippen LogP contribution in [0.4, 0.5) is 8.78 Å². The molecule has 0 amide bonds. The maximum Gasteiger partial charge on any atom is 0.310 e. The number of esters is 1. The lowest BCUT2D eigenvalue weighted by atomic mass is 9.96. The molecule has 1 saturated carbocycles. The Labute approximate surface area is 172 Å². The Hall–Kier alpha value is -3.22. The van der Waals surface area contributed by atoms with Crippen LogP contribution in [-0.4, -0.2) is 29.7 Å². The second-order valence-electron chi connectivity index (χ2n) is 7.43. The normalized spacial score (nSPS) is 13.9. The van der Waals surface area contributed by atoms with Crippen molar-refractivity contribution in [3.8, 4) is 5.75 Å². The summed E-state index contributed by atoms with van der Waals surface area (Å²) >= 11 is 0. The summed E-state index contributed by atoms with van der Waals surface area (Å²) in [6.45, 7) is 1.69. The molecule has 2 aromatic carbocycles. The van der Waals surface area contributed by atoms with Gasteiger partial charge in [-0.1, -0.05) is 0 Å². The molecule has 0 saturated heterocycles. The van der Waals surface area contributed by atoms with E-state index < -0.39 is 17.5 Å². The molecule has 0 spiro atoms. The van der Waals surface area contributed by atoms with Crippen LogP contribution in [0.5, 0.6) is 5.75 Å². The molecule has 0 unspecified atom stereocenters.